The maximum atomic E-state index is 5.31. The van der Waals surface area contributed by atoms with E-state index in [0.717, 1.165) is 34.1 Å². The van der Waals surface area contributed by atoms with Crippen LogP contribution in [0.1, 0.15) is 11.1 Å². The van der Waals surface area contributed by atoms with Crippen molar-refractivity contribution in [3.05, 3.63) is 47.5 Å². The highest BCUT2D eigenvalue weighted by Gasteiger charge is 2.05. The minimum Gasteiger partial charge on any atom is -0.496 e. The molecule has 4 nitrogen and oxygen atoms in total. The largest absolute Gasteiger partial charge is 0.496 e. The van der Waals surface area contributed by atoms with Gasteiger partial charge in [0, 0.05) is 12.2 Å². The molecule has 0 spiro atoms. The highest BCUT2D eigenvalue weighted by molar-refractivity contribution is 5.51. The molecule has 2 rings (SSSR count). The lowest BCUT2D eigenvalue weighted by atomic mass is 10.1. The standard InChI is InChI=1S/C17H21NO3/c1-12-9-14(6-8-15(12)19-2)18-11-13-5-7-16(20-3)17(10-13)21-4/h5-10,18H,11H2,1-4H3. The molecule has 0 fully saturated rings. The summed E-state index contributed by atoms with van der Waals surface area (Å²) in [5.41, 5.74) is 3.29. The van der Waals surface area contributed by atoms with Crippen molar-refractivity contribution in [1.82, 2.24) is 0 Å². The predicted octanol–water partition coefficient (Wildman–Crippen LogP) is 3.63. The Morgan fingerprint density at radius 1 is 0.810 bits per heavy atom. The molecule has 0 saturated carbocycles. The molecule has 0 aliphatic rings. The minimum absolute atomic E-state index is 0.714. The summed E-state index contributed by atoms with van der Waals surface area (Å²) in [6.45, 7) is 2.74. The molecule has 1 N–H and O–H groups in total. The fourth-order valence-corrected chi connectivity index (χ4v) is 2.18. The van der Waals surface area contributed by atoms with Gasteiger partial charge in [0.2, 0.25) is 0 Å². The predicted molar refractivity (Wildman–Crippen MR) is 84.6 cm³/mol. The normalized spacial score (nSPS) is 10.1. The number of ether oxygens (including phenoxy) is 3. The van der Waals surface area contributed by atoms with Crippen molar-refractivity contribution in [2.24, 2.45) is 0 Å². The van der Waals surface area contributed by atoms with E-state index in [1.165, 1.54) is 0 Å². The van der Waals surface area contributed by atoms with Crippen LogP contribution in [0.4, 0.5) is 5.69 Å². The van der Waals surface area contributed by atoms with Crippen LogP contribution < -0.4 is 19.5 Å². The summed E-state index contributed by atoms with van der Waals surface area (Å²) < 4.78 is 15.8. The van der Waals surface area contributed by atoms with Gasteiger partial charge in [-0.1, -0.05) is 6.07 Å². The van der Waals surface area contributed by atoms with Crippen molar-refractivity contribution >= 4 is 5.69 Å². The van der Waals surface area contributed by atoms with Crippen molar-refractivity contribution in [3.8, 4) is 17.2 Å². The number of hydrogen-bond donors (Lipinski definition) is 1. The molecule has 0 bridgehead atoms. The van der Waals surface area contributed by atoms with E-state index in [1.54, 1.807) is 21.3 Å². The Kier molecular flexibility index (Phi) is 4.93. The SMILES string of the molecule is COc1ccc(NCc2ccc(OC)c(OC)c2)cc1C. The minimum atomic E-state index is 0.714. The van der Waals surface area contributed by atoms with E-state index in [4.69, 9.17) is 14.2 Å². The molecule has 2 aromatic rings. The molecule has 0 unspecified atom stereocenters. The molecule has 0 radical (unpaired) electrons. The first-order chi connectivity index (χ1) is 10.2. The van der Waals surface area contributed by atoms with Crippen molar-refractivity contribution in [3.63, 3.8) is 0 Å². The topological polar surface area (TPSA) is 39.7 Å². The van der Waals surface area contributed by atoms with Crippen LogP contribution in [-0.4, -0.2) is 21.3 Å². The van der Waals surface area contributed by atoms with Crippen molar-refractivity contribution in [1.29, 1.82) is 0 Å². The second-order valence-electron chi connectivity index (χ2n) is 4.73. The highest BCUT2D eigenvalue weighted by atomic mass is 16.5. The Labute approximate surface area is 125 Å². The molecular weight excluding hydrogens is 266 g/mol. The molecule has 0 atom stereocenters. The molecule has 2 aromatic carbocycles. The number of hydrogen-bond acceptors (Lipinski definition) is 4. The average molecular weight is 287 g/mol. The fourth-order valence-electron chi connectivity index (χ4n) is 2.18. The van der Waals surface area contributed by atoms with Crippen LogP contribution in [0.25, 0.3) is 0 Å². The molecule has 0 saturated heterocycles. The number of nitrogens with one attached hydrogen (secondary N) is 1. The van der Waals surface area contributed by atoms with Crippen LogP contribution in [-0.2, 0) is 6.54 Å². The average Bonchev–Trinajstić information content (AvgIpc) is 2.52. The Morgan fingerprint density at radius 2 is 1.48 bits per heavy atom. The van der Waals surface area contributed by atoms with Gasteiger partial charge in [-0.05, 0) is 48.4 Å². The maximum Gasteiger partial charge on any atom is 0.161 e. The lowest BCUT2D eigenvalue weighted by molar-refractivity contribution is 0.354. The smallest absolute Gasteiger partial charge is 0.161 e. The molecule has 4 heteroatoms. The first kappa shape index (κ1) is 15.0. The zero-order chi connectivity index (χ0) is 15.2. The van der Waals surface area contributed by atoms with Crippen molar-refractivity contribution < 1.29 is 14.2 Å². The van der Waals surface area contributed by atoms with Gasteiger partial charge < -0.3 is 19.5 Å². The van der Waals surface area contributed by atoms with Gasteiger partial charge >= 0.3 is 0 Å². The van der Waals surface area contributed by atoms with Crippen LogP contribution in [0, 0.1) is 6.92 Å². The molecular formula is C17H21NO3. The van der Waals surface area contributed by atoms with Gasteiger partial charge in [-0.15, -0.1) is 0 Å². The first-order valence-corrected chi connectivity index (χ1v) is 6.77. The number of rotatable bonds is 6. The summed E-state index contributed by atoms with van der Waals surface area (Å²) in [6.07, 6.45) is 0. The lowest BCUT2D eigenvalue weighted by Crippen LogP contribution is -2.01. The number of methoxy groups -OCH3 is 3. The summed E-state index contributed by atoms with van der Waals surface area (Å²) in [5.74, 6) is 2.37. The molecule has 0 aliphatic carbocycles. The van der Waals surface area contributed by atoms with Gasteiger partial charge in [-0.3, -0.25) is 0 Å². The van der Waals surface area contributed by atoms with E-state index in [0.29, 0.717) is 6.54 Å². The summed E-state index contributed by atoms with van der Waals surface area (Å²) in [4.78, 5) is 0. The van der Waals surface area contributed by atoms with Gasteiger partial charge in [0.1, 0.15) is 5.75 Å². The Morgan fingerprint density at radius 3 is 2.10 bits per heavy atom. The van der Waals surface area contributed by atoms with Gasteiger partial charge in [0.05, 0.1) is 21.3 Å². The molecule has 0 amide bonds. The zero-order valence-electron chi connectivity index (χ0n) is 12.9. The highest BCUT2D eigenvalue weighted by Crippen LogP contribution is 2.28. The fraction of sp³-hybridized carbons (Fsp3) is 0.294. The van der Waals surface area contributed by atoms with E-state index >= 15 is 0 Å². The third-order valence-electron chi connectivity index (χ3n) is 3.34. The van der Waals surface area contributed by atoms with Crippen molar-refractivity contribution in [2.75, 3.05) is 26.6 Å². The van der Waals surface area contributed by atoms with Crippen LogP contribution in [0.2, 0.25) is 0 Å². The molecule has 0 aromatic heterocycles. The third kappa shape index (κ3) is 3.60. The Hall–Kier alpha value is -2.36. The van der Waals surface area contributed by atoms with Crippen LogP contribution in [0.15, 0.2) is 36.4 Å². The van der Waals surface area contributed by atoms with Crippen molar-refractivity contribution in [2.45, 2.75) is 13.5 Å². The number of anilines is 1. The molecule has 21 heavy (non-hydrogen) atoms. The second-order valence-corrected chi connectivity index (χ2v) is 4.73. The quantitative estimate of drug-likeness (QED) is 0.880. The maximum absolute atomic E-state index is 5.31. The molecule has 0 heterocycles. The van der Waals surface area contributed by atoms with Crippen LogP contribution in [0.5, 0.6) is 17.2 Å². The monoisotopic (exact) mass is 287 g/mol. The Balaban J connectivity index is 2.07. The second kappa shape index (κ2) is 6.88. The number of aryl methyl sites for hydroxylation is 1. The summed E-state index contributed by atoms with van der Waals surface area (Å²) >= 11 is 0. The molecule has 0 aliphatic heterocycles. The summed E-state index contributed by atoms with van der Waals surface area (Å²) in [5, 5.41) is 3.39. The lowest BCUT2D eigenvalue weighted by Gasteiger charge is -2.12. The van der Waals surface area contributed by atoms with E-state index in [2.05, 4.69) is 11.4 Å². The third-order valence-corrected chi connectivity index (χ3v) is 3.34. The summed E-state index contributed by atoms with van der Waals surface area (Å²) in [7, 11) is 4.96. The van der Waals surface area contributed by atoms with Crippen LogP contribution >= 0.6 is 0 Å². The van der Waals surface area contributed by atoms with E-state index in [1.807, 2.05) is 37.3 Å². The molecule has 112 valence electrons. The van der Waals surface area contributed by atoms with Crippen LogP contribution in [0.3, 0.4) is 0 Å². The first-order valence-electron chi connectivity index (χ1n) is 6.77. The zero-order valence-corrected chi connectivity index (χ0v) is 12.9. The Bertz CT molecular complexity index is 611. The summed E-state index contributed by atoms with van der Waals surface area (Å²) in [6, 6.07) is 11.9. The van der Waals surface area contributed by atoms with E-state index in [-0.39, 0.29) is 0 Å². The van der Waals surface area contributed by atoms with Gasteiger partial charge in [0.25, 0.3) is 0 Å². The van der Waals surface area contributed by atoms with Gasteiger partial charge in [0.15, 0.2) is 11.5 Å². The number of benzene rings is 2. The van der Waals surface area contributed by atoms with Gasteiger partial charge in [-0.2, -0.15) is 0 Å². The van der Waals surface area contributed by atoms with E-state index < -0.39 is 0 Å². The van der Waals surface area contributed by atoms with E-state index in [9.17, 15) is 0 Å². The van der Waals surface area contributed by atoms with Gasteiger partial charge in [-0.25, -0.2) is 0 Å².